The average molecular weight is 394 g/mol. The van der Waals surface area contributed by atoms with Gasteiger partial charge in [0.15, 0.2) is 0 Å². The maximum Gasteiger partial charge on any atom is 0.310 e. The number of halogens is 3. The number of nitrogens with one attached hydrogen (secondary N) is 1. The fourth-order valence-corrected chi connectivity index (χ4v) is 3.26. The van der Waals surface area contributed by atoms with E-state index >= 15 is 0 Å². The van der Waals surface area contributed by atoms with Crippen LogP contribution in [0.1, 0.15) is 19.8 Å². The lowest BCUT2D eigenvalue weighted by Crippen LogP contribution is -2.43. The van der Waals surface area contributed by atoms with E-state index in [9.17, 15) is 9.59 Å². The monoisotopic (exact) mass is 392 g/mol. The van der Waals surface area contributed by atoms with Gasteiger partial charge < -0.3 is 10.1 Å². The summed E-state index contributed by atoms with van der Waals surface area (Å²) >= 11 is 17.9. The van der Waals surface area contributed by atoms with Crippen LogP contribution in [0, 0.1) is 5.92 Å². The van der Waals surface area contributed by atoms with Gasteiger partial charge in [-0.2, -0.15) is 0 Å². The summed E-state index contributed by atoms with van der Waals surface area (Å²) in [7, 11) is 0. The molecule has 132 valence electrons. The highest BCUT2D eigenvalue weighted by molar-refractivity contribution is 6.44. The molecule has 1 aliphatic heterocycles. The van der Waals surface area contributed by atoms with E-state index < -0.39 is 0 Å². The number of likely N-dealkylation sites (tertiary alicyclic amines) is 1. The van der Waals surface area contributed by atoms with Crippen molar-refractivity contribution in [3.63, 3.8) is 0 Å². The largest absolute Gasteiger partial charge is 0.466 e. The van der Waals surface area contributed by atoms with Crippen LogP contribution < -0.4 is 5.32 Å². The van der Waals surface area contributed by atoms with Gasteiger partial charge in [0.2, 0.25) is 5.91 Å². The third-order valence-corrected chi connectivity index (χ3v) is 4.81. The van der Waals surface area contributed by atoms with Crippen LogP contribution in [0.3, 0.4) is 0 Å². The molecule has 1 saturated heterocycles. The molecule has 0 radical (unpaired) electrons. The zero-order chi connectivity index (χ0) is 17.7. The number of hydrogen-bond acceptors (Lipinski definition) is 4. The molecule has 1 atom stereocenters. The number of amides is 1. The summed E-state index contributed by atoms with van der Waals surface area (Å²) in [5.74, 6) is -0.602. The minimum Gasteiger partial charge on any atom is -0.466 e. The standard InChI is InChI=1S/C16H19Cl3N2O3/c1-2-24-16(23)10-4-3-5-21(8-10)9-15(22)20-14-7-12(18)11(17)6-13(14)19/h6-7,10H,2-5,8-9H2,1H3,(H,20,22)/t10-/m0/s1. The number of piperidine rings is 1. The van der Waals surface area contributed by atoms with Crippen LogP contribution in [0.2, 0.25) is 15.1 Å². The van der Waals surface area contributed by atoms with Gasteiger partial charge in [-0.3, -0.25) is 14.5 Å². The molecule has 0 bridgehead atoms. The van der Waals surface area contributed by atoms with E-state index in [0.717, 1.165) is 19.4 Å². The minimum absolute atomic E-state index is 0.173. The van der Waals surface area contributed by atoms with Crippen molar-refractivity contribution >= 4 is 52.4 Å². The summed E-state index contributed by atoms with van der Waals surface area (Å²) in [5.41, 5.74) is 0.412. The number of carbonyl (C=O) groups excluding carboxylic acids is 2. The molecule has 1 aliphatic rings. The third kappa shape index (κ3) is 5.24. The molecule has 24 heavy (non-hydrogen) atoms. The Bertz CT molecular complexity index is 625. The lowest BCUT2D eigenvalue weighted by Gasteiger charge is -2.30. The summed E-state index contributed by atoms with van der Waals surface area (Å²) in [6.45, 7) is 3.60. The predicted molar refractivity (Wildman–Crippen MR) is 95.9 cm³/mol. The van der Waals surface area contributed by atoms with Crippen molar-refractivity contribution in [2.75, 3.05) is 31.6 Å². The number of nitrogens with zero attached hydrogens (tertiary/aromatic N) is 1. The molecule has 1 N–H and O–H groups in total. The van der Waals surface area contributed by atoms with Crippen LogP contribution >= 0.6 is 34.8 Å². The molecule has 1 heterocycles. The number of anilines is 1. The smallest absolute Gasteiger partial charge is 0.310 e. The Morgan fingerprint density at radius 1 is 1.25 bits per heavy atom. The fraction of sp³-hybridized carbons (Fsp3) is 0.500. The lowest BCUT2D eigenvalue weighted by molar-refractivity contribution is -0.150. The third-order valence-electron chi connectivity index (χ3n) is 3.78. The molecule has 0 aromatic heterocycles. The summed E-state index contributed by atoms with van der Waals surface area (Å²) in [6.07, 6.45) is 1.64. The number of ether oxygens (including phenoxy) is 1. The molecule has 0 spiro atoms. The second-order valence-electron chi connectivity index (χ2n) is 5.62. The summed E-state index contributed by atoms with van der Waals surface area (Å²) in [4.78, 5) is 26.0. The number of carbonyl (C=O) groups is 2. The van der Waals surface area contributed by atoms with Crippen molar-refractivity contribution in [1.82, 2.24) is 4.90 Å². The van der Waals surface area contributed by atoms with Crippen LogP contribution in [0.5, 0.6) is 0 Å². The van der Waals surface area contributed by atoms with Crippen LogP contribution in [0.25, 0.3) is 0 Å². The van der Waals surface area contributed by atoms with Gasteiger partial charge in [-0.1, -0.05) is 34.8 Å². The Hall–Kier alpha value is -1.01. The molecule has 1 aromatic carbocycles. The first-order chi connectivity index (χ1) is 11.4. The molecular formula is C16H19Cl3N2O3. The van der Waals surface area contributed by atoms with E-state index in [1.165, 1.54) is 12.1 Å². The van der Waals surface area contributed by atoms with Gasteiger partial charge in [-0.05, 0) is 38.4 Å². The molecule has 1 fully saturated rings. The van der Waals surface area contributed by atoms with Gasteiger partial charge in [-0.15, -0.1) is 0 Å². The van der Waals surface area contributed by atoms with Crippen LogP contribution in [-0.2, 0) is 14.3 Å². The quantitative estimate of drug-likeness (QED) is 0.609. The van der Waals surface area contributed by atoms with Crippen LogP contribution in [-0.4, -0.2) is 43.0 Å². The van der Waals surface area contributed by atoms with Crippen LogP contribution in [0.15, 0.2) is 12.1 Å². The SMILES string of the molecule is CCOC(=O)[C@H]1CCCN(CC(=O)Nc2cc(Cl)c(Cl)cc2Cl)C1. The van der Waals surface area contributed by atoms with Gasteiger partial charge in [-0.25, -0.2) is 0 Å². The first-order valence-corrected chi connectivity index (χ1v) is 8.87. The molecule has 0 unspecified atom stereocenters. The molecule has 0 aliphatic carbocycles. The normalized spacial score (nSPS) is 18.2. The van der Waals surface area contributed by atoms with Crippen molar-refractivity contribution < 1.29 is 14.3 Å². The first-order valence-electron chi connectivity index (χ1n) is 7.74. The highest BCUT2D eigenvalue weighted by Crippen LogP contribution is 2.32. The molecule has 0 saturated carbocycles. The van der Waals surface area contributed by atoms with Gasteiger partial charge in [0, 0.05) is 6.54 Å². The highest BCUT2D eigenvalue weighted by atomic mass is 35.5. The Kier molecular flexibility index (Phi) is 7.16. The number of hydrogen-bond donors (Lipinski definition) is 1. The Balaban J connectivity index is 1.92. The van der Waals surface area contributed by atoms with Crippen molar-refractivity contribution in [3.05, 3.63) is 27.2 Å². The summed E-state index contributed by atoms with van der Waals surface area (Å²) < 4.78 is 5.06. The Morgan fingerprint density at radius 3 is 2.67 bits per heavy atom. The molecular weight excluding hydrogens is 375 g/mol. The van der Waals surface area contributed by atoms with Crippen molar-refractivity contribution in [3.8, 4) is 0 Å². The predicted octanol–water partition coefficient (Wildman–Crippen LogP) is 3.86. The van der Waals surface area contributed by atoms with Gasteiger partial charge in [0.05, 0.1) is 39.8 Å². The van der Waals surface area contributed by atoms with Crippen molar-refractivity contribution in [1.29, 1.82) is 0 Å². The van der Waals surface area contributed by atoms with Crippen LogP contribution in [0.4, 0.5) is 5.69 Å². The molecule has 5 nitrogen and oxygen atoms in total. The summed E-state index contributed by atoms with van der Waals surface area (Å²) in [5, 5.41) is 3.69. The van der Waals surface area contributed by atoms with E-state index in [0.29, 0.717) is 33.9 Å². The molecule has 1 aromatic rings. The first kappa shape index (κ1) is 19.3. The zero-order valence-corrected chi connectivity index (χ0v) is 15.5. The second-order valence-corrected chi connectivity index (χ2v) is 6.84. The maximum atomic E-state index is 12.2. The van der Waals surface area contributed by atoms with Gasteiger partial charge in [0.25, 0.3) is 0 Å². The minimum atomic E-state index is -0.222. The average Bonchev–Trinajstić information content (AvgIpc) is 2.53. The number of rotatable bonds is 5. The maximum absolute atomic E-state index is 12.2. The highest BCUT2D eigenvalue weighted by Gasteiger charge is 2.27. The molecule has 1 amide bonds. The van der Waals surface area contributed by atoms with Crippen molar-refractivity contribution in [2.24, 2.45) is 5.92 Å². The van der Waals surface area contributed by atoms with Gasteiger partial charge >= 0.3 is 5.97 Å². The van der Waals surface area contributed by atoms with Gasteiger partial charge in [0.1, 0.15) is 0 Å². The Labute approximate surface area is 156 Å². The topological polar surface area (TPSA) is 58.6 Å². The lowest BCUT2D eigenvalue weighted by atomic mass is 9.98. The van der Waals surface area contributed by atoms with E-state index in [1.807, 2.05) is 4.90 Å². The summed E-state index contributed by atoms with van der Waals surface area (Å²) in [6, 6.07) is 3.00. The zero-order valence-electron chi connectivity index (χ0n) is 13.3. The van der Waals surface area contributed by atoms with Crippen molar-refractivity contribution in [2.45, 2.75) is 19.8 Å². The number of benzene rings is 1. The van der Waals surface area contributed by atoms with E-state index in [-0.39, 0.29) is 24.3 Å². The van der Waals surface area contributed by atoms with E-state index in [4.69, 9.17) is 39.5 Å². The van der Waals surface area contributed by atoms with E-state index in [1.54, 1.807) is 6.92 Å². The second kappa shape index (κ2) is 8.90. The Morgan fingerprint density at radius 2 is 1.96 bits per heavy atom. The number of esters is 1. The van der Waals surface area contributed by atoms with E-state index in [2.05, 4.69) is 5.32 Å². The molecule has 2 rings (SSSR count). The molecule has 8 heteroatoms. The fourth-order valence-electron chi connectivity index (χ4n) is 2.66.